The predicted molar refractivity (Wildman–Crippen MR) is 96.0 cm³/mol. The Hall–Kier alpha value is -3.47. The summed E-state index contributed by atoms with van der Waals surface area (Å²) in [5, 5.41) is 2.89. The topological polar surface area (TPSA) is 68.0 Å². The number of aromatic nitrogens is 2. The van der Waals surface area contributed by atoms with Crippen LogP contribution in [0.1, 0.15) is 5.56 Å². The van der Waals surface area contributed by atoms with Crippen LogP contribution in [-0.4, -0.2) is 15.9 Å². The minimum absolute atomic E-state index is 0.0700. The number of oxazole rings is 1. The highest BCUT2D eigenvalue weighted by atomic mass is 16.3. The van der Waals surface area contributed by atoms with E-state index in [9.17, 15) is 4.79 Å². The number of benzene rings is 2. The molecule has 0 atom stereocenters. The number of amides is 1. The smallest absolute Gasteiger partial charge is 0.228 e. The molecule has 0 saturated heterocycles. The van der Waals surface area contributed by atoms with E-state index in [1.165, 1.54) is 0 Å². The fourth-order valence-electron chi connectivity index (χ4n) is 2.61. The van der Waals surface area contributed by atoms with Crippen molar-refractivity contribution in [2.75, 3.05) is 5.32 Å². The van der Waals surface area contributed by atoms with E-state index in [1.54, 1.807) is 18.5 Å². The van der Waals surface area contributed by atoms with Gasteiger partial charge in [-0.05, 0) is 29.8 Å². The zero-order chi connectivity index (χ0) is 17.1. The van der Waals surface area contributed by atoms with Gasteiger partial charge in [-0.2, -0.15) is 0 Å². The summed E-state index contributed by atoms with van der Waals surface area (Å²) in [6.07, 6.45) is 3.72. The second-order valence-corrected chi connectivity index (χ2v) is 5.65. The van der Waals surface area contributed by atoms with Gasteiger partial charge in [0.05, 0.1) is 6.42 Å². The van der Waals surface area contributed by atoms with Crippen LogP contribution < -0.4 is 5.32 Å². The van der Waals surface area contributed by atoms with Gasteiger partial charge in [-0.1, -0.05) is 30.3 Å². The first-order valence-corrected chi connectivity index (χ1v) is 7.93. The first-order chi connectivity index (χ1) is 12.3. The number of hydrogen-bond donors (Lipinski definition) is 1. The summed E-state index contributed by atoms with van der Waals surface area (Å²) in [4.78, 5) is 20.6. The first-order valence-electron chi connectivity index (χ1n) is 7.93. The summed E-state index contributed by atoms with van der Waals surface area (Å²) in [6, 6.07) is 18.8. The number of nitrogens with zero attached hydrogens (tertiary/aromatic N) is 2. The van der Waals surface area contributed by atoms with Crippen LogP contribution in [0.4, 0.5) is 5.69 Å². The standard InChI is InChI=1S/C20H15N3O2/c24-19(12-14-4-2-1-3-5-14)22-16-6-7-17-18(13-16)25-20(23-17)15-8-10-21-11-9-15/h1-11,13H,12H2,(H,22,24). The predicted octanol–water partition coefficient (Wildman–Crippen LogP) is 4.07. The lowest BCUT2D eigenvalue weighted by Gasteiger charge is -2.04. The molecule has 0 unspecified atom stereocenters. The van der Waals surface area contributed by atoms with E-state index in [0.29, 0.717) is 23.6 Å². The van der Waals surface area contributed by atoms with Crippen molar-refractivity contribution >= 4 is 22.7 Å². The third-order valence-corrected chi connectivity index (χ3v) is 3.81. The fourth-order valence-corrected chi connectivity index (χ4v) is 2.61. The van der Waals surface area contributed by atoms with Crippen LogP contribution in [0.2, 0.25) is 0 Å². The molecule has 2 aromatic heterocycles. The van der Waals surface area contributed by atoms with E-state index in [0.717, 1.165) is 16.6 Å². The lowest BCUT2D eigenvalue weighted by molar-refractivity contribution is -0.115. The average molecular weight is 329 g/mol. The summed E-state index contributed by atoms with van der Waals surface area (Å²) in [7, 11) is 0. The molecule has 0 aliphatic heterocycles. The van der Waals surface area contributed by atoms with Crippen LogP contribution in [0.15, 0.2) is 77.5 Å². The molecule has 1 N–H and O–H groups in total. The summed E-state index contributed by atoms with van der Waals surface area (Å²) < 4.78 is 5.80. The highest BCUT2D eigenvalue weighted by Crippen LogP contribution is 2.26. The highest BCUT2D eigenvalue weighted by molar-refractivity contribution is 5.94. The van der Waals surface area contributed by atoms with E-state index >= 15 is 0 Å². The Kier molecular flexibility index (Phi) is 3.96. The Morgan fingerprint density at radius 2 is 1.80 bits per heavy atom. The second-order valence-electron chi connectivity index (χ2n) is 5.65. The maximum atomic E-state index is 12.2. The molecule has 2 aromatic carbocycles. The van der Waals surface area contributed by atoms with Crippen molar-refractivity contribution in [2.24, 2.45) is 0 Å². The molecule has 0 aliphatic rings. The number of nitrogens with one attached hydrogen (secondary N) is 1. The molecule has 4 rings (SSSR count). The average Bonchev–Trinajstić information content (AvgIpc) is 3.06. The number of carbonyl (C=O) groups excluding carboxylic acids is 1. The molecule has 2 heterocycles. The highest BCUT2D eigenvalue weighted by Gasteiger charge is 2.10. The Bertz CT molecular complexity index is 1010. The van der Waals surface area contributed by atoms with Gasteiger partial charge < -0.3 is 9.73 Å². The molecule has 1 amide bonds. The third kappa shape index (κ3) is 3.40. The van der Waals surface area contributed by atoms with Crippen molar-refractivity contribution in [1.29, 1.82) is 0 Å². The molecule has 0 aliphatic carbocycles. The number of hydrogen-bond acceptors (Lipinski definition) is 4. The summed E-state index contributed by atoms with van der Waals surface area (Å²) >= 11 is 0. The molecular formula is C20H15N3O2. The molecule has 0 radical (unpaired) electrons. The van der Waals surface area contributed by atoms with E-state index in [4.69, 9.17) is 4.42 Å². The largest absolute Gasteiger partial charge is 0.436 e. The molecular weight excluding hydrogens is 314 g/mol. The summed E-state index contributed by atoms with van der Waals surface area (Å²) in [5.74, 6) is 0.463. The molecule has 122 valence electrons. The van der Waals surface area contributed by atoms with Gasteiger partial charge >= 0.3 is 0 Å². The zero-order valence-corrected chi connectivity index (χ0v) is 13.3. The van der Waals surface area contributed by atoms with Crippen molar-refractivity contribution in [3.63, 3.8) is 0 Å². The van der Waals surface area contributed by atoms with Gasteiger partial charge in [-0.15, -0.1) is 0 Å². The van der Waals surface area contributed by atoms with Crippen molar-refractivity contribution in [3.8, 4) is 11.5 Å². The van der Waals surface area contributed by atoms with E-state index in [1.807, 2.05) is 54.6 Å². The minimum atomic E-state index is -0.0700. The normalized spacial score (nSPS) is 10.7. The van der Waals surface area contributed by atoms with Gasteiger partial charge in [0.2, 0.25) is 11.8 Å². The number of fused-ring (bicyclic) bond motifs is 1. The summed E-state index contributed by atoms with van der Waals surface area (Å²) in [5.41, 5.74) is 3.89. The zero-order valence-electron chi connectivity index (χ0n) is 13.3. The lowest BCUT2D eigenvalue weighted by atomic mass is 10.1. The van der Waals surface area contributed by atoms with Crippen molar-refractivity contribution in [3.05, 3.63) is 78.6 Å². The van der Waals surface area contributed by atoms with Crippen LogP contribution in [0, 0.1) is 0 Å². The summed E-state index contributed by atoms with van der Waals surface area (Å²) in [6.45, 7) is 0. The monoisotopic (exact) mass is 329 g/mol. The molecule has 25 heavy (non-hydrogen) atoms. The number of rotatable bonds is 4. The molecule has 0 saturated carbocycles. The van der Waals surface area contributed by atoms with Crippen molar-refractivity contribution in [2.45, 2.75) is 6.42 Å². The SMILES string of the molecule is O=C(Cc1ccccc1)Nc1ccc2nc(-c3ccncc3)oc2c1. The Labute approximate surface area is 144 Å². The van der Waals surface area contributed by atoms with Gasteiger partial charge in [-0.3, -0.25) is 9.78 Å². The molecule has 5 nitrogen and oxygen atoms in total. The van der Waals surface area contributed by atoms with E-state index < -0.39 is 0 Å². The molecule has 0 spiro atoms. The lowest BCUT2D eigenvalue weighted by Crippen LogP contribution is -2.14. The Morgan fingerprint density at radius 1 is 1.00 bits per heavy atom. The van der Waals surface area contributed by atoms with Crippen LogP contribution in [0.3, 0.4) is 0 Å². The molecule has 0 fully saturated rings. The Morgan fingerprint density at radius 3 is 2.60 bits per heavy atom. The van der Waals surface area contributed by atoms with Crippen LogP contribution in [0.5, 0.6) is 0 Å². The van der Waals surface area contributed by atoms with E-state index in [-0.39, 0.29) is 5.91 Å². The van der Waals surface area contributed by atoms with E-state index in [2.05, 4.69) is 15.3 Å². The first kappa shape index (κ1) is 15.1. The van der Waals surface area contributed by atoms with Gasteiger partial charge in [0.25, 0.3) is 0 Å². The number of carbonyl (C=O) groups is 1. The minimum Gasteiger partial charge on any atom is -0.436 e. The molecule has 4 aromatic rings. The maximum absolute atomic E-state index is 12.2. The van der Waals surface area contributed by atoms with Gasteiger partial charge in [0, 0.05) is 29.7 Å². The van der Waals surface area contributed by atoms with Crippen molar-refractivity contribution in [1.82, 2.24) is 9.97 Å². The quantitative estimate of drug-likeness (QED) is 0.613. The molecule has 0 bridgehead atoms. The Balaban J connectivity index is 1.54. The van der Waals surface area contributed by atoms with Crippen LogP contribution >= 0.6 is 0 Å². The maximum Gasteiger partial charge on any atom is 0.228 e. The van der Waals surface area contributed by atoms with Crippen molar-refractivity contribution < 1.29 is 9.21 Å². The van der Waals surface area contributed by atoms with Gasteiger partial charge in [0.15, 0.2) is 5.58 Å². The molecule has 5 heteroatoms. The second kappa shape index (κ2) is 6.57. The van der Waals surface area contributed by atoms with Gasteiger partial charge in [-0.25, -0.2) is 4.98 Å². The fraction of sp³-hybridized carbons (Fsp3) is 0.0500. The third-order valence-electron chi connectivity index (χ3n) is 3.81. The van der Waals surface area contributed by atoms with Crippen LogP contribution in [-0.2, 0) is 11.2 Å². The number of anilines is 1. The van der Waals surface area contributed by atoms with Gasteiger partial charge in [0.1, 0.15) is 5.52 Å². The number of pyridine rings is 1. The van der Waals surface area contributed by atoms with Crippen LogP contribution in [0.25, 0.3) is 22.6 Å².